The minimum absolute atomic E-state index is 0.00538. The Morgan fingerprint density at radius 3 is 2.59 bits per heavy atom. The van der Waals surface area contributed by atoms with E-state index < -0.39 is 0 Å². The summed E-state index contributed by atoms with van der Waals surface area (Å²) >= 11 is 5.97. The van der Waals surface area contributed by atoms with Crippen molar-refractivity contribution in [3.05, 3.63) is 57.8 Å². The first kappa shape index (κ1) is 10.4. The van der Waals surface area contributed by atoms with Crippen molar-refractivity contribution in [2.45, 2.75) is 0 Å². The van der Waals surface area contributed by atoms with Crippen LogP contribution in [0.15, 0.2) is 47.3 Å². The number of aryl methyl sites for hydroxylation is 1. The Morgan fingerprint density at radius 1 is 1.00 bits per heavy atom. The Morgan fingerprint density at radius 2 is 1.76 bits per heavy atom. The summed E-state index contributed by atoms with van der Waals surface area (Å²) < 4.78 is 1.66. The molecular weight excluding hydrogens is 234 g/mol. The van der Waals surface area contributed by atoms with Gasteiger partial charge in [-0.15, -0.1) is 0 Å². The highest BCUT2D eigenvalue weighted by molar-refractivity contribution is 6.31. The van der Waals surface area contributed by atoms with Crippen LogP contribution in [-0.2, 0) is 7.05 Å². The lowest BCUT2D eigenvalue weighted by atomic mass is 10.1. The van der Waals surface area contributed by atoms with Crippen LogP contribution in [0.2, 0.25) is 5.02 Å². The van der Waals surface area contributed by atoms with Crippen molar-refractivity contribution < 1.29 is 0 Å². The Kier molecular flexibility index (Phi) is 2.20. The highest BCUT2D eigenvalue weighted by Gasteiger charge is 2.03. The summed E-state index contributed by atoms with van der Waals surface area (Å²) in [5.74, 6) is 0. The molecule has 0 atom stereocenters. The van der Waals surface area contributed by atoms with Gasteiger partial charge < -0.3 is 4.57 Å². The molecule has 0 spiro atoms. The second-order valence-electron chi connectivity index (χ2n) is 4.09. The maximum atomic E-state index is 11.6. The standard InChI is InChI=1S/C14H10ClNO/c1-16-13-6-2-9-8-10(15)3-4-11(9)12(13)5-7-14(16)17/h2-8H,1H3. The first-order valence-corrected chi connectivity index (χ1v) is 5.72. The van der Waals surface area contributed by atoms with Gasteiger partial charge in [-0.3, -0.25) is 4.79 Å². The average molecular weight is 244 g/mol. The lowest BCUT2D eigenvalue weighted by molar-refractivity contribution is 0.907. The molecule has 1 heterocycles. The van der Waals surface area contributed by atoms with Gasteiger partial charge in [0.2, 0.25) is 0 Å². The fourth-order valence-corrected chi connectivity index (χ4v) is 2.35. The molecule has 0 saturated carbocycles. The lowest BCUT2D eigenvalue weighted by Crippen LogP contribution is -2.14. The molecule has 3 aromatic rings. The Balaban J connectivity index is 2.57. The average Bonchev–Trinajstić information content (AvgIpc) is 2.33. The molecule has 0 aliphatic carbocycles. The summed E-state index contributed by atoms with van der Waals surface area (Å²) in [6, 6.07) is 13.2. The molecular formula is C14H10ClNO. The van der Waals surface area contributed by atoms with E-state index in [-0.39, 0.29) is 5.56 Å². The Labute approximate surface area is 103 Å². The van der Waals surface area contributed by atoms with Crippen molar-refractivity contribution in [2.24, 2.45) is 7.05 Å². The summed E-state index contributed by atoms with van der Waals surface area (Å²) in [6.45, 7) is 0. The van der Waals surface area contributed by atoms with Crippen molar-refractivity contribution in [1.82, 2.24) is 4.57 Å². The number of hydrogen-bond donors (Lipinski definition) is 0. The number of hydrogen-bond acceptors (Lipinski definition) is 1. The van der Waals surface area contributed by atoms with Gasteiger partial charge in [0.25, 0.3) is 5.56 Å². The summed E-state index contributed by atoms with van der Waals surface area (Å²) in [5.41, 5.74) is 0.943. The number of nitrogens with zero attached hydrogens (tertiary/aromatic N) is 1. The summed E-state index contributed by atoms with van der Waals surface area (Å²) in [4.78, 5) is 11.6. The molecule has 84 valence electrons. The number of benzene rings is 2. The van der Waals surface area contributed by atoms with Crippen LogP contribution in [0.1, 0.15) is 0 Å². The molecule has 17 heavy (non-hydrogen) atoms. The van der Waals surface area contributed by atoms with Gasteiger partial charge in [-0.1, -0.05) is 23.7 Å². The number of aromatic nitrogens is 1. The molecule has 0 amide bonds. The first-order valence-electron chi connectivity index (χ1n) is 5.35. The Hall–Kier alpha value is -1.80. The maximum Gasteiger partial charge on any atom is 0.250 e. The van der Waals surface area contributed by atoms with E-state index in [4.69, 9.17) is 11.6 Å². The van der Waals surface area contributed by atoms with Crippen LogP contribution in [0, 0.1) is 0 Å². The van der Waals surface area contributed by atoms with E-state index in [1.54, 1.807) is 17.7 Å². The van der Waals surface area contributed by atoms with Gasteiger partial charge >= 0.3 is 0 Å². The molecule has 3 heteroatoms. The van der Waals surface area contributed by atoms with Gasteiger partial charge in [-0.2, -0.15) is 0 Å². The largest absolute Gasteiger partial charge is 0.311 e. The van der Waals surface area contributed by atoms with Gasteiger partial charge in [0.1, 0.15) is 0 Å². The van der Waals surface area contributed by atoms with E-state index in [1.807, 2.05) is 36.4 Å². The molecule has 0 fully saturated rings. The molecule has 0 unspecified atom stereocenters. The third kappa shape index (κ3) is 1.53. The third-order valence-electron chi connectivity index (χ3n) is 3.09. The highest BCUT2D eigenvalue weighted by atomic mass is 35.5. The monoisotopic (exact) mass is 243 g/mol. The van der Waals surface area contributed by atoms with Gasteiger partial charge in [0, 0.05) is 23.5 Å². The van der Waals surface area contributed by atoms with Gasteiger partial charge in [-0.25, -0.2) is 0 Å². The predicted molar refractivity (Wildman–Crippen MR) is 71.7 cm³/mol. The molecule has 2 nitrogen and oxygen atoms in total. The second-order valence-corrected chi connectivity index (χ2v) is 4.53. The number of fused-ring (bicyclic) bond motifs is 3. The van der Waals surface area contributed by atoms with Crippen LogP contribution in [-0.4, -0.2) is 4.57 Å². The van der Waals surface area contributed by atoms with Crippen LogP contribution < -0.4 is 5.56 Å². The van der Waals surface area contributed by atoms with Crippen LogP contribution in [0.25, 0.3) is 21.7 Å². The highest BCUT2D eigenvalue weighted by Crippen LogP contribution is 2.26. The molecule has 0 aliphatic rings. The molecule has 0 N–H and O–H groups in total. The van der Waals surface area contributed by atoms with Crippen molar-refractivity contribution >= 4 is 33.3 Å². The van der Waals surface area contributed by atoms with Crippen LogP contribution in [0.3, 0.4) is 0 Å². The maximum absolute atomic E-state index is 11.6. The molecule has 3 rings (SSSR count). The first-order chi connectivity index (χ1) is 8.16. The Bertz CT molecular complexity index is 789. The van der Waals surface area contributed by atoms with Crippen LogP contribution in [0.4, 0.5) is 0 Å². The molecule has 2 aromatic carbocycles. The number of rotatable bonds is 0. The zero-order valence-corrected chi connectivity index (χ0v) is 10.0. The normalized spacial score (nSPS) is 11.2. The van der Waals surface area contributed by atoms with Crippen molar-refractivity contribution in [1.29, 1.82) is 0 Å². The molecule has 0 aliphatic heterocycles. The van der Waals surface area contributed by atoms with Crippen LogP contribution in [0.5, 0.6) is 0 Å². The number of halogens is 1. The molecule has 0 radical (unpaired) electrons. The molecule has 0 saturated heterocycles. The van der Waals surface area contributed by atoms with Gasteiger partial charge in [0.15, 0.2) is 0 Å². The molecule has 1 aromatic heterocycles. The quantitative estimate of drug-likeness (QED) is 0.555. The van der Waals surface area contributed by atoms with E-state index in [2.05, 4.69) is 0 Å². The minimum atomic E-state index is 0.00538. The predicted octanol–water partition coefficient (Wildman–Crippen LogP) is 3.35. The zero-order valence-electron chi connectivity index (χ0n) is 9.27. The van der Waals surface area contributed by atoms with E-state index >= 15 is 0 Å². The fourth-order valence-electron chi connectivity index (χ4n) is 2.17. The van der Waals surface area contributed by atoms with E-state index in [9.17, 15) is 4.79 Å². The van der Waals surface area contributed by atoms with Crippen molar-refractivity contribution in [2.75, 3.05) is 0 Å². The zero-order chi connectivity index (χ0) is 12.0. The van der Waals surface area contributed by atoms with E-state index in [0.29, 0.717) is 0 Å². The van der Waals surface area contributed by atoms with E-state index in [1.165, 1.54) is 0 Å². The van der Waals surface area contributed by atoms with Gasteiger partial charge in [-0.05, 0) is 35.0 Å². The van der Waals surface area contributed by atoms with Crippen molar-refractivity contribution in [3.8, 4) is 0 Å². The minimum Gasteiger partial charge on any atom is -0.311 e. The number of pyridine rings is 1. The van der Waals surface area contributed by atoms with E-state index in [0.717, 1.165) is 26.7 Å². The summed E-state index contributed by atoms with van der Waals surface area (Å²) in [5, 5.41) is 3.99. The summed E-state index contributed by atoms with van der Waals surface area (Å²) in [6.07, 6.45) is 0. The smallest absolute Gasteiger partial charge is 0.250 e. The van der Waals surface area contributed by atoms with Crippen molar-refractivity contribution in [3.63, 3.8) is 0 Å². The SMILES string of the molecule is Cn1c(=O)ccc2c3ccc(Cl)cc3ccc21. The lowest BCUT2D eigenvalue weighted by Gasteiger charge is -2.07. The topological polar surface area (TPSA) is 22.0 Å². The van der Waals surface area contributed by atoms with Crippen LogP contribution >= 0.6 is 11.6 Å². The summed E-state index contributed by atoms with van der Waals surface area (Å²) in [7, 11) is 1.78. The third-order valence-corrected chi connectivity index (χ3v) is 3.32. The second kappa shape index (κ2) is 3.60. The van der Waals surface area contributed by atoms with Gasteiger partial charge in [0.05, 0.1) is 5.52 Å². The molecule has 0 bridgehead atoms. The fraction of sp³-hybridized carbons (Fsp3) is 0.0714.